The van der Waals surface area contributed by atoms with E-state index in [-0.39, 0.29) is 34.3 Å². The van der Waals surface area contributed by atoms with E-state index >= 15 is 0 Å². The Morgan fingerprint density at radius 2 is 1.83 bits per heavy atom. The normalized spacial score (nSPS) is 11.2. The number of benzene rings is 3. The standard InChI is InChI=1S/C25H22FN3O5S/c1-3-29(19-10-5-4-6-11-19)35(31,32)20-12-13-23(33-2)22(15-20)27-25(30)24-16-21(28-34-24)17-8-7-9-18(26)14-17/h4-16H,3H2,1-2H3,(H,27,30). The first-order valence-electron chi connectivity index (χ1n) is 10.6. The van der Waals surface area contributed by atoms with Gasteiger partial charge in [-0.2, -0.15) is 0 Å². The third-order valence-corrected chi connectivity index (χ3v) is 7.09. The molecule has 0 fully saturated rings. The molecule has 1 aromatic heterocycles. The minimum Gasteiger partial charge on any atom is -0.495 e. The van der Waals surface area contributed by atoms with Crippen LogP contribution in [0.4, 0.5) is 15.8 Å². The van der Waals surface area contributed by atoms with E-state index in [1.165, 1.54) is 53.9 Å². The molecule has 0 saturated carbocycles. The predicted octanol–water partition coefficient (Wildman–Crippen LogP) is 4.96. The number of halogens is 1. The summed E-state index contributed by atoms with van der Waals surface area (Å²) in [4.78, 5) is 12.8. The number of aromatic nitrogens is 1. The highest BCUT2D eigenvalue weighted by Crippen LogP contribution is 2.31. The van der Waals surface area contributed by atoms with Crippen LogP contribution in [-0.4, -0.2) is 33.1 Å². The van der Waals surface area contributed by atoms with Crippen LogP contribution in [0, 0.1) is 5.82 Å². The van der Waals surface area contributed by atoms with Crippen molar-refractivity contribution in [3.63, 3.8) is 0 Å². The second-order valence-electron chi connectivity index (χ2n) is 7.41. The Morgan fingerprint density at radius 3 is 2.51 bits per heavy atom. The molecule has 0 spiro atoms. The van der Waals surface area contributed by atoms with Crippen molar-refractivity contribution in [3.8, 4) is 17.0 Å². The first-order chi connectivity index (χ1) is 16.8. The van der Waals surface area contributed by atoms with Gasteiger partial charge in [-0.05, 0) is 49.4 Å². The van der Waals surface area contributed by atoms with Gasteiger partial charge in [-0.25, -0.2) is 12.8 Å². The monoisotopic (exact) mass is 495 g/mol. The molecule has 35 heavy (non-hydrogen) atoms. The highest BCUT2D eigenvalue weighted by Gasteiger charge is 2.25. The SMILES string of the molecule is CCN(c1ccccc1)S(=O)(=O)c1ccc(OC)c(NC(=O)c2cc(-c3cccc(F)c3)no2)c1. The summed E-state index contributed by atoms with van der Waals surface area (Å²) in [6.07, 6.45) is 0. The number of nitrogens with zero attached hydrogens (tertiary/aromatic N) is 2. The topological polar surface area (TPSA) is 102 Å². The number of ether oxygens (including phenoxy) is 1. The Balaban J connectivity index is 1.63. The molecular formula is C25H22FN3O5S. The molecule has 8 nitrogen and oxygen atoms in total. The lowest BCUT2D eigenvalue weighted by atomic mass is 10.1. The Bertz CT molecular complexity index is 1450. The van der Waals surface area contributed by atoms with Crippen LogP contribution in [0.15, 0.2) is 88.3 Å². The summed E-state index contributed by atoms with van der Waals surface area (Å²) in [6, 6.07) is 20.0. The lowest BCUT2D eigenvalue weighted by molar-refractivity contribution is 0.0987. The van der Waals surface area contributed by atoms with E-state index in [0.29, 0.717) is 11.3 Å². The number of hydrogen-bond acceptors (Lipinski definition) is 6. The zero-order chi connectivity index (χ0) is 25.0. The van der Waals surface area contributed by atoms with Gasteiger partial charge in [0.15, 0.2) is 0 Å². The summed E-state index contributed by atoms with van der Waals surface area (Å²) in [6.45, 7) is 1.94. The molecule has 1 amide bonds. The second-order valence-corrected chi connectivity index (χ2v) is 9.27. The zero-order valence-corrected chi connectivity index (χ0v) is 19.8. The van der Waals surface area contributed by atoms with Crippen molar-refractivity contribution in [1.82, 2.24) is 5.16 Å². The summed E-state index contributed by atoms with van der Waals surface area (Å²) in [7, 11) is -2.53. The van der Waals surface area contributed by atoms with Crippen molar-refractivity contribution in [2.45, 2.75) is 11.8 Å². The number of methoxy groups -OCH3 is 1. The molecule has 0 unspecified atom stereocenters. The van der Waals surface area contributed by atoms with Crippen LogP contribution >= 0.6 is 0 Å². The fraction of sp³-hybridized carbons (Fsp3) is 0.120. The number of sulfonamides is 1. The molecular weight excluding hydrogens is 473 g/mol. The van der Waals surface area contributed by atoms with Crippen molar-refractivity contribution >= 4 is 27.3 Å². The molecule has 0 aliphatic carbocycles. The smallest absolute Gasteiger partial charge is 0.294 e. The van der Waals surface area contributed by atoms with Crippen LogP contribution in [0.2, 0.25) is 0 Å². The number of amides is 1. The maximum absolute atomic E-state index is 13.5. The molecule has 0 saturated heterocycles. The molecule has 1 N–H and O–H groups in total. The Hall–Kier alpha value is -4.18. The maximum Gasteiger partial charge on any atom is 0.294 e. The van der Waals surface area contributed by atoms with Crippen molar-refractivity contribution in [1.29, 1.82) is 0 Å². The highest BCUT2D eigenvalue weighted by atomic mass is 32.2. The predicted molar refractivity (Wildman–Crippen MR) is 129 cm³/mol. The molecule has 3 aromatic carbocycles. The van der Waals surface area contributed by atoms with Crippen LogP contribution in [0.1, 0.15) is 17.5 Å². The third kappa shape index (κ3) is 5.02. The van der Waals surface area contributed by atoms with E-state index in [1.807, 2.05) is 0 Å². The van der Waals surface area contributed by atoms with Crippen molar-refractivity contribution < 1.29 is 26.9 Å². The van der Waals surface area contributed by atoms with Gasteiger partial charge in [0.25, 0.3) is 15.9 Å². The molecule has 4 rings (SSSR count). The molecule has 4 aromatic rings. The van der Waals surface area contributed by atoms with E-state index in [1.54, 1.807) is 43.3 Å². The van der Waals surface area contributed by atoms with Crippen LogP contribution in [-0.2, 0) is 10.0 Å². The van der Waals surface area contributed by atoms with Gasteiger partial charge in [0.05, 0.1) is 23.4 Å². The van der Waals surface area contributed by atoms with Crippen LogP contribution < -0.4 is 14.4 Å². The molecule has 1 heterocycles. The molecule has 180 valence electrons. The average molecular weight is 496 g/mol. The van der Waals surface area contributed by atoms with Gasteiger partial charge >= 0.3 is 0 Å². The maximum atomic E-state index is 13.5. The summed E-state index contributed by atoms with van der Waals surface area (Å²) < 4.78 is 51.9. The van der Waals surface area contributed by atoms with Gasteiger partial charge in [-0.3, -0.25) is 9.10 Å². The third-order valence-electron chi connectivity index (χ3n) is 5.19. The molecule has 0 radical (unpaired) electrons. The first kappa shape index (κ1) is 24.0. The van der Waals surface area contributed by atoms with Crippen LogP contribution in [0.3, 0.4) is 0 Å². The summed E-state index contributed by atoms with van der Waals surface area (Å²) in [5, 5.41) is 6.43. The zero-order valence-electron chi connectivity index (χ0n) is 18.9. The quantitative estimate of drug-likeness (QED) is 0.371. The van der Waals surface area contributed by atoms with E-state index < -0.39 is 21.7 Å². The van der Waals surface area contributed by atoms with E-state index in [4.69, 9.17) is 9.26 Å². The summed E-state index contributed by atoms with van der Waals surface area (Å²) >= 11 is 0. The summed E-state index contributed by atoms with van der Waals surface area (Å²) in [5.41, 5.74) is 1.37. The number of nitrogens with one attached hydrogen (secondary N) is 1. The van der Waals surface area contributed by atoms with Gasteiger partial charge in [-0.1, -0.05) is 35.5 Å². The van der Waals surface area contributed by atoms with Crippen LogP contribution in [0.5, 0.6) is 5.75 Å². The minimum atomic E-state index is -3.93. The summed E-state index contributed by atoms with van der Waals surface area (Å²) in [5.74, 6) is -1.01. The van der Waals surface area contributed by atoms with Crippen LogP contribution in [0.25, 0.3) is 11.3 Å². The molecule has 0 aliphatic heterocycles. The lowest BCUT2D eigenvalue weighted by Crippen LogP contribution is -2.30. The lowest BCUT2D eigenvalue weighted by Gasteiger charge is -2.23. The number of anilines is 2. The van der Waals surface area contributed by atoms with Crippen molar-refractivity contribution in [2.24, 2.45) is 0 Å². The average Bonchev–Trinajstić information content (AvgIpc) is 3.36. The number of para-hydroxylation sites is 1. The minimum absolute atomic E-state index is 0.0303. The molecule has 0 atom stereocenters. The number of hydrogen-bond donors (Lipinski definition) is 1. The molecule has 10 heteroatoms. The van der Waals surface area contributed by atoms with E-state index in [2.05, 4.69) is 10.5 Å². The second kappa shape index (κ2) is 9.98. The van der Waals surface area contributed by atoms with Gasteiger partial charge < -0.3 is 14.6 Å². The number of rotatable bonds is 8. The van der Waals surface area contributed by atoms with Gasteiger partial charge in [0.1, 0.15) is 17.3 Å². The molecule has 0 aliphatic rings. The Kier molecular flexibility index (Phi) is 6.83. The Labute approximate surface area is 202 Å². The number of carbonyl (C=O) groups is 1. The fourth-order valence-corrected chi connectivity index (χ4v) is 5.01. The molecule has 0 bridgehead atoms. The van der Waals surface area contributed by atoms with Gasteiger partial charge in [0.2, 0.25) is 5.76 Å². The van der Waals surface area contributed by atoms with Crippen molar-refractivity contribution in [2.75, 3.05) is 23.3 Å². The van der Waals surface area contributed by atoms with Crippen molar-refractivity contribution in [3.05, 3.63) is 90.4 Å². The first-order valence-corrected chi connectivity index (χ1v) is 12.1. The van der Waals surface area contributed by atoms with E-state index in [9.17, 15) is 17.6 Å². The van der Waals surface area contributed by atoms with Gasteiger partial charge in [0, 0.05) is 18.2 Å². The fourth-order valence-electron chi connectivity index (χ4n) is 3.51. The Morgan fingerprint density at radius 1 is 1.06 bits per heavy atom. The largest absolute Gasteiger partial charge is 0.495 e. The number of carbonyl (C=O) groups excluding carboxylic acids is 1. The van der Waals surface area contributed by atoms with E-state index in [0.717, 1.165) is 0 Å². The van der Waals surface area contributed by atoms with Gasteiger partial charge in [-0.15, -0.1) is 0 Å². The highest BCUT2D eigenvalue weighted by molar-refractivity contribution is 7.92.